The van der Waals surface area contributed by atoms with Crippen LogP contribution in [0, 0.1) is 0 Å². The number of H-pyrrole nitrogens is 2. The second-order valence-corrected chi connectivity index (χ2v) is 6.09. The zero-order valence-corrected chi connectivity index (χ0v) is 13.8. The highest BCUT2D eigenvalue weighted by atomic mass is 16.2. The molecule has 0 saturated heterocycles. The first-order chi connectivity index (χ1) is 12.1. The summed E-state index contributed by atoms with van der Waals surface area (Å²) in [5.41, 5.74) is 3.82. The Balaban J connectivity index is 1.57. The summed E-state index contributed by atoms with van der Waals surface area (Å²) in [6.07, 6.45) is 1.40. The quantitative estimate of drug-likeness (QED) is 0.720. The lowest BCUT2D eigenvalue weighted by atomic mass is 10.0. The summed E-state index contributed by atoms with van der Waals surface area (Å²) < 4.78 is 1.13. The van der Waals surface area contributed by atoms with E-state index in [-0.39, 0.29) is 17.4 Å². The molecule has 8 nitrogen and oxygen atoms in total. The van der Waals surface area contributed by atoms with Crippen LogP contribution in [0.3, 0.4) is 0 Å². The van der Waals surface area contributed by atoms with E-state index in [0.29, 0.717) is 25.9 Å². The van der Waals surface area contributed by atoms with E-state index in [9.17, 15) is 9.59 Å². The van der Waals surface area contributed by atoms with Crippen LogP contribution in [0.5, 0.6) is 0 Å². The van der Waals surface area contributed by atoms with Crippen molar-refractivity contribution in [2.45, 2.75) is 12.8 Å². The molecule has 1 aliphatic rings. The van der Waals surface area contributed by atoms with Gasteiger partial charge in [-0.1, -0.05) is 30.3 Å². The maximum Gasteiger partial charge on any atom is 0.343 e. The predicted octanol–water partition coefficient (Wildman–Crippen LogP) is 0.740. The number of aryl methyl sites for hydroxylation is 1. The summed E-state index contributed by atoms with van der Waals surface area (Å²) >= 11 is 0. The van der Waals surface area contributed by atoms with Crippen LogP contribution in [0.25, 0.3) is 11.3 Å². The number of nitrogens with zero attached hydrogens (tertiary/aromatic N) is 4. The SMILES string of the molecule is Cn1nc(C(=O)N2CCc3[nH]nc(-c4ccccc4)c3CC2)[nH]c1=O. The Bertz CT molecular complexity index is 969. The van der Waals surface area contributed by atoms with Crippen LogP contribution in [0.15, 0.2) is 35.1 Å². The fraction of sp³-hybridized carbons (Fsp3) is 0.294. The third kappa shape index (κ3) is 2.75. The first-order valence-electron chi connectivity index (χ1n) is 8.17. The number of hydrogen-bond acceptors (Lipinski definition) is 4. The van der Waals surface area contributed by atoms with Gasteiger partial charge >= 0.3 is 5.69 Å². The van der Waals surface area contributed by atoms with Gasteiger partial charge in [0.1, 0.15) is 0 Å². The Morgan fingerprint density at radius 3 is 2.64 bits per heavy atom. The van der Waals surface area contributed by atoms with E-state index in [1.54, 1.807) is 4.90 Å². The molecule has 128 valence electrons. The van der Waals surface area contributed by atoms with Crippen molar-refractivity contribution in [3.05, 3.63) is 57.9 Å². The first kappa shape index (κ1) is 15.4. The Kier molecular flexibility index (Phi) is 3.72. The van der Waals surface area contributed by atoms with Crippen LogP contribution in [0.1, 0.15) is 21.9 Å². The highest BCUT2D eigenvalue weighted by Crippen LogP contribution is 2.26. The first-order valence-corrected chi connectivity index (χ1v) is 8.17. The molecule has 0 atom stereocenters. The average molecular weight is 338 g/mol. The zero-order chi connectivity index (χ0) is 17.4. The lowest BCUT2D eigenvalue weighted by molar-refractivity contribution is 0.0750. The van der Waals surface area contributed by atoms with Crippen LogP contribution in [0.4, 0.5) is 0 Å². The summed E-state index contributed by atoms with van der Waals surface area (Å²) in [5.74, 6) is -0.170. The molecular weight excluding hydrogens is 320 g/mol. The number of aromatic amines is 2. The van der Waals surface area contributed by atoms with E-state index in [2.05, 4.69) is 20.3 Å². The van der Waals surface area contributed by atoms with Crippen molar-refractivity contribution >= 4 is 5.91 Å². The van der Waals surface area contributed by atoms with E-state index in [4.69, 9.17) is 0 Å². The average Bonchev–Trinajstić information content (AvgIpc) is 3.11. The van der Waals surface area contributed by atoms with Gasteiger partial charge in [0.2, 0.25) is 5.82 Å². The minimum absolute atomic E-state index is 0.0828. The normalized spacial score (nSPS) is 14.2. The zero-order valence-electron chi connectivity index (χ0n) is 13.8. The van der Waals surface area contributed by atoms with Gasteiger partial charge in [-0.05, 0) is 6.42 Å². The third-order valence-corrected chi connectivity index (χ3v) is 4.52. The Morgan fingerprint density at radius 2 is 1.92 bits per heavy atom. The molecule has 0 saturated carbocycles. The minimum Gasteiger partial charge on any atom is -0.335 e. The monoisotopic (exact) mass is 338 g/mol. The van der Waals surface area contributed by atoms with Crippen LogP contribution >= 0.6 is 0 Å². The van der Waals surface area contributed by atoms with Crippen molar-refractivity contribution in [1.82, 2.24) is 29.9 Å². The third-order valence-electron chi connectivity index (χ3n) is 4.52. The van der Waals surface area contributed by atoms with Crippen LogP contribution in [-0.4, -0.2) is 48.9 Å². The van der Waals surface area contributed by atoms with Crippen LogP contribution in [0.2, 0.25) is 0 Å². The highest BCUT2D eigenvalue weighted by molar-refractivity contribution is 5.90. The molecule has 1 aromatic carbocycles. The second kappa shape index (κ2) is 6.04. The van der Waals surface area contributed by atoms with Gasteiger partial charge in [-0.25, -0.2) is 9.48 Å². The largest absolute Gasteiger partial charge is 0.343 e. The molecule has 4 rings (SSSR count). The Hall–Kier alpha value is -3.16. The maximum absolute atomic E-state index is 12.6. The molecule has 25 heavy (non-hydrogen) atoms. The minimum atomic E-state index is -0.390. The van der Waals surface area contributed by atoms with Gasteiger partial charge in [0, 0.05) is 43.4 Å². The van der Waals surface area contributed by atoms with Gasteiger partial charge < -0.3 is 4.90 Å². The summed E-state index contributed by atoms with van der Waals surface area (Å²) in [6, 6.07) is 10.0. The molecule has 0 aliphatic carbocycles. The molecule has 2 N–H and O–H groups in total. The van der Waals surface area contributed by atoms with Crippen molar-refractivity contribution in [2.24, 2.45) is 7.05 Å². The van der Waals surface area contributed by atoms with Gasteiger partial charge in [0.05, 0.1) is 5.69 Å². The Labute approximate surface area is 143 Å². The number of nitrogens with one attached hydrogen (secondary N) is 2. The van der Waals surface area contributed by atoms with Crippen molar-refractivity contribution in [3.8, 4) is 11.3 Å². The van der Waals surface area contributed by atoms with E-state index >= 15 is 0 Å². The molecule has 1 aliphatic heterocycles. The number of benzene rings is 1. The number of aromatic nitrogens is 5. The number of carbonyl (C=O) groups is 1. The lowest BCUT2D eigenvalue weighted by Gasteiger charge is -2.18. The van der Waals surface area contributed by atoms with Gasteiger partial charge in [0.25, 0.3) is 5.91 Å². The molecule has 0 unspecified atom stereocenters. The van der Waals surface area contributed by atoms with Crippen LogP contribution in [-0.2, 0) is 19.9 Å². The van der Waals surface area contributed by atoms with Crippen molar-refractivity contribution in [1.29, 1.82) is 0 Å². The smallest absolute Gasteiger partial charge is 0.335 e. The molecule has 1 amide bonds. The lowest BCUT2D eigenvalue weighted by Crippen LogP contribution is -2.34. The number of rotatable bonds is 2. The van der Waals surface area contributed by atoms with Gasteiger partial charge in [-0.3, -0.25) is 14.9 Å². The molecule has 3 aromatic rings. The molecular formula is C17H18N6O2. The fourth-order valence-corrected chi connectivity index (χ4v) is 3.17. The molecule has 0 radical (unpaired) electrons. The number of amides is 1. The summed E-state index contributed by atoms with van der Waals surface area (Å²) in [5, 5.41) is 11.5. The molecule has 0 spiro atoms. The van der Waals surface area contributed by atoms with Gasteiger partial charge in [-0.15, -0.1) is 5.10 Å². The van der Waals surface area contributed by atoms with Crippen molar-refractivity contribution < 1.29 is 4.79 Å². The van der Waals surface area contributed by atoms with Crippen molar-refractivity contribution in [3.63, 3.8) is 0 Å². The standard InChI is InChI=1S/C17H18N6O2/c1-22-17(25)18-15(21-22)16(24)23-9-7-12-13(8-10-23)19-20-14(12)11-5-3-2-4-6-11/h2-6H,7-10H2,1H3,(H,19,20)(H,18,21,25). The molecule has 8 heteroatoms. The maximum atomic E-state index is 12.6. The molecule has 2 aromatic heterocycles. The van der Waals surface area contributed by atoms with Gasteiger partial charge in [-0.2, -0.15) is 5.10 Å². The van der Waals surface area contributed by atoms with E-state index in [1.165, 1.54) is 7.05 Å². The number of carbonyl (C=O) groups excluding carboxylic acids is 1. The van der Waals surface area contributed by atoms with E-state index in [1.807, 2.05) is 30.3 Å². The fourth-order valence-electron chi connectivity index (χ4n) is 3.17. The van der Waals surface area contributed by atoms with Crippen molar-refractivity contribution in [2.75, 3.05) is 13.1 Å². The second-order valence-electron chi connectivity index (χ2n) is 6.09. The predicted molar refractivity (Wildman–Crippen MR) is 91.2 cm³/mol. The molecule has 0 bridgehead atoms. The number of fused-ring (bicyclic) bond motifs is 1. The number of hydrogen-bond donors (Lipinski definition) is 2. The van der Waals surface area contributed by atoms with E-state index < -0.39 is 0 Å². The summed E-state index contributed by atoms with van der Waals surface area (Å²) in [7, 11) is 1.51. The van der Waals surface area contributed by atoms with Crippen LogP contribution < -0.4 is 5.69 Å². The Morgan fingerprint density at radius 1 is 1.16 bits per heavy atom. The van der Waals surface area contributed by atoms with E-state index in [0.717, 1.165) is 27.2 Å². The molecule has 0 fully saturated rings. The van der Waals surface area contributed by atoms with Gasteiger partial charge in [0.15, 0.2) is 0 Å². The topological polar surface area (TPSA) is 99.7 Å². The summed E-state index contributed by atoms with van der Waals surface area (Å²) in [4.78, 5) is 28.3. The summed E-state index contributed by atoms with van der Waals surface area (Å²) in [6.45, 7) is 1.12. The highest BCUT2D eigenvalue weighted by Gasteiger charge is 2.25. The molecule has 3 heterocycles.